The summed E-state index contributed by atoms with van der Waals surface area (Å²) in [5.74, 6) is 0. The molecule has 0 aromatic carbocycles. The van der Waals surface area contributed by atoms with Gasteiger partial charge in [-0.15, -0.1) is 11.3 Å². The van der Waals surface area contributed by atoms with Gasteiger partial charge in [0.05, 0.1) is 10.6 Å². The van der Waals surface area contributed by atoms with Gasteiger partial charge in [-0.25, -0.2) is 0 Å². The van der Waals surface area contributed by atoms with E-state index in [9.17, 15) is 0 Å². The van der Waals surface area contributed by atoms with Crippen molar-refractivity contribution < 1.29 is 0 Å². The molecule has 3 aromatic rings. The van der Waals surface area contributed by atoms with E-state index in [0.29, 0.717) is 0 Å². The second kappa shape index (κ2) is 19.1. The summed E-state index contributed by atoms with van der Waals surface area (Å²) in [5.41, 5.74) is 4.59. The van der Waals surface area contributed by atoms with Gasteiger partial charge < -0.3 is 0 Å². The summed E-state index contributed by atoms with van der Waals surface area (Å²) >= 11 is 1.91. The molecule has 3 heterocycles. The van der Waals surface area contributed by atoms with Crippen LogP contribution in [0.4, 0.5) is 0 Å². The lowest BCUT2D eigenvalue weighted by Crippen LogP contribution is -1.91. The number of rotatable bonds is 21. The van der Waals surface area contributed by atoms with Crippen LogP contribution in [0.3, 0.4) is 0 Å². The van der Waals surface area contributed by atoms with Crippen molar-refractivity contribution in [2.75, 3.05) is 0 Å². The predicted octanol–water partition coefficient (Wildman–Crippen LogP) is 11.6. The van der Waals surface area contributed by atoms with Gasteiger partial charge in [-0.2, -0.15) is 0 Å². The van der Waals surface area contributed by atoms with Crippen molar-refractivity contribution in [2.24, 2.45) is 0 Å². The summed E-state index contributed by atoms with van der Waals surface area (Å²) in [5, 5.41) is 0. The number of nitrogens with zero attached hydrogens (tertiary/aromatic N) is 2. The Morgan fingerprint density at radius 1 is 0.500 bits per heavy atom. The smallest absolute Gasteiger partial charge is 0.0802 e. The molecule has 3 aromatic heterocycles. The maximum atomic E-state index is 4.79. The molecule has 0 saturated heterocycles. The third kappa shape index (κ3) is 11.8. The quantitative estimate of drug-likeness (QED) is 0.127. The number of pyridine rings is 2. The van der Waals surface area contributed by atoms with E-state index in [-0.39, 0.29) is 0 Å². The first-order valence-corrected chi connectivity index (χ1v) is 16.6. The predicted molar refractivity (Wildman–Crippen MR) is 168 cm³/mol. The zero-order valence-corrected chi connectivity index (χ0v) is 25.2. The summed E-state index contributed by atoms with van der Waals surface area (Å²) in [6, 6.07) is 13.3. The standard InChI is InChI=1S/C35H52N2S/c1-3-5-7-9-11-13-15-17-19-21-33-25-27-35(38-33)34-26-23-31(29-37-34)30-22-24-32(36-28-30)20-18-16-14-12-10-8-6-4-2/h22-29H,3-21H2,1-2H3. The molecule has 208 valence electrons. The lowest BCUT2D eigenvalue weighted by molar-refractivity contribution is 0.565. The Balaban J connectivity index is 1.35. The summed E-state index contributed by atoms with van der Waals surface area (Å²) in [7, 11) is 0. The molecule has 0 saturated carbocycles. The van der Waals surface area contributed by atoms with Gasteiger partial charge in [-0.1, -0.05) is 122 Å². The Bertz CT molecular complexity index is 974. The Labute approximate surface area is 237 Å². The largest absolute Gasteiger partial charge is 0.261 e. The van der Waals surface area contributed by atoms with Crippen LogP contribution in [0.5, 0.6) is 0 Å². The molecule has 0 bridgehead atoms. The van der Waals surface area contributed by atoms with Crippen LogP contribution in [-0.2, 0) is 12.8 Å². The number of hydrogen-bond acceptors (Lipinski definition) is 3. The highest BCUT2D eigenvalue weighted by atomic mass is 32.1. The molecule has 0 fully saturated rings. The summed E-state index contributed by atoms with van der Waals surface area (Å²) in [6.45, 7) is 4.57. The lowest BCUT2D eigenvalue weighted by atomic mass is 10.1. The van der Waals surface area contributed by atoms with Crippen LogP contribution in [0.1, 0.15) is 134 Å². The first-order valence-electron chi connectivity index (χ1n) is 15.8. The normalized spacial score (nSPS) is 11.3. The summed E-state index contributed by atoms with van der Waals surface area (Å²) in [4.78, 5) is 12.3. The molecule has 38 heavy (non-hydrogen) atoms. The SMILES string of the molecule is CCCCCCCCCCCc1ccc(-c2ccc(-c3ccc(CCCCCCCCCC)nc3)cn2)s1. The second-order valence-corrected chi connectivity index (χ2v) is 12.2. The van der Waals surface area contributed by atoms with Crippen LogP contribution in [0, 0.1) is 0 Å². The molecular formula is C35H52N2S. The van der Waals surface area contributed by atoms with Gasteiger partial charge in [0, 0.05) is 34.1 Å². The van der Waals surface area contributed by atoms with Crippen molar-refractivity contribution in [1.82, 2.24) is 9.97 Å². The van der Waals surface area contributed by atoms with Crippen LogP contribution in [0.2, 0.25) is 0 Å². The van der Waals surface area contributed by atoms with Crippen molar-refractivity contribution in [2.45, 2.75) is 136 Å². The Morgan fingerprint density at radius 3 is 1.55 bits per heavy atom. The molecule has 3 heteroatoms. The molecule has 0 aliphatic carbocycles. The van der Waals surface area contributed by atoms with E-state index in [1.807, 2.05) is 23.7 Å². The summed E-state index contributed by atoms with van der Waals surface area (Å²) < 4.78 is 0. The zero-order valence-electron chi connectivity index (χ0n) is 24.4. The van der Waals surface area contributed by atoms with E-state index < -0.39 is 0 Å². The Morgan fingerprint density at radius 2 is 1.03 bits per heavy atom. The van der Waals surface area contributed by atoms with E-state index in [2.05, 4.69) is 50.2 Å². The molecule has 0 aliphatic rings. The molecule has 0 spiro atoms. The van der Waals surface area contributed by atoms with E-state index in [0.717, 1.165) is 23.2 Å². The fourth-order valence-electron chi connectivity index (χ4n) is 5.15. The number of aromatic nitrogens is 2. The molecule has 3 rings (SSSR count). The average molecular weight is 533 g/mol. The Kier molecular flexibility index (Phi) is 15.4. The van der Waals surface area contributed by atoms with Crippen LogP contribution >= 0.6 is 11.3 Å². The highest BCUT2D eigenvalue weighted by Crippen LogP contribution is 2.29. The Hall–Kier alpha value is -2.00. The fraction of sp³-hybridized carbons (Fsp3) is 0.600. The summed E-state index contributed by atoms with van der Waals surface area (Å²) in [6.07, 6.45) is 29.7. The molecule has 0 unspecified atom stereocenters. The van der Waals surface area contributed by atoms with Gasteiger partial charge in [-0.05, 0) is 49.9 Å². The highest BCUT2D eigenvalue weighted by Gasteiger charge is 2.06. The zero-order chi connectivity index (χ0) is 26.7. The van der Waals surface area contributed by atoms with Gasteiger partial charge >= 0.3 is 0 Å². The van der Waals surface area contributed by atoms with Gasteiger partial charge in [0.15, 0.2) is 0 Å². The highest BCUT2D eigenvalue weighted by molar-refractivity contribution is 7.15. The molecule has 2 nitrogen and oxygen atoms in total. The second-order valence-electron chi connectivity index (χ2n) is 11.0. The van der Waals surface area contributed by atoms with E-state index in [4.69, 9.17) is 9.97 Å². The third-order valence-electron chi connectivity index (χ3n) is 7.65. The first kappa shape index (κ1) is 30.5. The minimum atomic E-state index is 1.08. The van der Waals surface area contributed by atoms with Gasteiger partial charge in [0.1, 0.15) is 0 Å². The van der Waals surface area contributed by atoms with E-state index >= 15 is 0 Å². The van der Waals surface area contributed by atoms with Crippen LogP contribution in [0.15, 0.2) is 48.8 Å². The number of aryl methyl sites for hydroxylation is 2. The molecule has 0 amide bonds. The van der Waals surface area contributed by atoms with Gasteiger partial charge in [0.2, 0.25) is 0 Å². The maximum absolute atomic E-state index is 4.79. The number of unbranched alkanes of at least 4 members (excludes halogenated alkanes) is 15. The first-order chi connectivity index (χ1) is 18.8. The molecular weight excluding hydrogens is 480 g/mol. The van der Waals surface area contributed by atoms with E-state index in [1.54, 1.807) is 0 Å². The minimum Gasteiger partial charge on any atom is -0.261 e. The minimum absolute atomic E-state index is 1.08. The van der Waals surface area contributed by atoms with Crippen LogP contribution in [0.25, 0.3) is 21.7 Å². The van der Waals surface area contributed by atoms with Crippen LogP contribution in [-0.4, -0.2) is 9.97 Å². The molecule has 0 atom stereocenters. The van der Waals surface area contributed by atoms with E-state index in [1.165, 1.54) is 131 Å². The van der Waals surface area contributed by atoms with Gasteiger partial charge in [0.25, 0.3) is 0 Å². The van der Waals surface area contributed by atoms with Crippen molar-refractivity contribution in [1.29, 1.82) is 0 Å². The third-order valence-corrected chi connectivity index (χ3v) is 8.82. The molecule has 0 N–H and O–H groups in total. The van der Waals surface area contributed by atoms with Crippen molar-refractivity contribution >= 4 is 11.3 Å². The molecule has 0 radical (unpaired) electrons. The van der Waals surface area contributed by atoms with Gasteiger partial charge in [-0.3, -0.25) is 9.97 Å². The van der Waals surface area contributed by atoms with Crippen LogP contribution < -0.4 is 0 Å². The van der Waals surface area contributed by atoms with Crippen molar-refractivity contribution in [3.63, 3.8) is 0 Å². The average Bonchev–Trinajstić information content (AvgIpc) is 3.43. The number of thiophene rings is 1. The topological polar surface area (TPSA) is 25.8 Å². The maximum Gasteiger partial charge on any atom is 0.0802 e. The monoisotopic (exact) mass is 532 g/mol. The molecule has 0 aliphatic heterocycles. The number of hydrogen-bond donors (Lipinski definition) is 0. The van der Waals surface area contributed by atoms with Crippen molar-refractivity contribution in [3.05, 3.63) is 59.4 Å². The van der Waals surface area contributed by atoms with Crippen molar-refractivity contribution in [3.8, 4) is 21.7 Å². The lowest BCUT2D eigenvalue weighted by Gasteiger charge is -2.05. The fourth-order valence-corrected chi connectivity index (χ4v) is 6.18.